The molecule has 1 fully saturated rings. The number of nitrogens with one attached hydrogen (secondary N) is 1. The van der Waals surface area contributed by atoms with E-state index in [-0.39, 0.29) is 13.0 Å². The van der Waals surface area contributed by atoms with Gasteiger partial charge in [-0.15, -0.1) is 0 Å². The highest BCUT2D eigenvalue weighted by Crippen LogP contribution is 2.26. The minimum absolute atomic E-state index is 0.112. The van der Waals surface area contributed by atoms with E-state index in [9.17, 15) is 14.3 Å². The third-order valence-electron chi connectivity index (χ3n) is 3.30. The number of halogens is 1. The molecule has 0 spiro atoms. The summed E-state index contributed by atoms with van der Waals surface area (Å²) in [4.78, 5) is 11.7. The van der Waals surface area contributed by atoms with E-state index < -0.39 is 42.7 Å². The summed E-state index contributed by atoms with van der Waals surface area (Å²) >= 11 is 0. The summed E-state index contributed by atoms with van der Waals surface area (Å²) in [7, 11) is 2.70. The monoisotopic (exact) mass is 295 g/mol. The summed E-state index contributed by atoms with van der Waals surface area (Å²) in [5.41, 5.74) is 0. The second-order valence-corrected chi connectivity index (χ2v) is 4.65. The van der Waals surface area contributed by atoms with Crippen LogP contribution >= 0.6 is 0 Å². The van der Waals surface area contributed by atoms with Crippen molar-refractivity contribution >= 4 is 5.91 Å². The van der Waals surface area contributed by atoms with Crippen LogP contribution in [0.25, 0.3) is 0 Å². The molecule has 1 amide bonds. The number of hydrogen-bond donors (Lipinski definition) is 3. The highest BCUT2D eigenvalue weighted by Gasteiger charge is 2.46. The Morgan fingerprint density at radius 2 is 2.10 bits per heavy atom. The lowest BCUT2D eigenvalue weighted by atomic mass is 9.97. The van der Waals surface area contributed by atoms with Gasteiger partial charge in [0.1, 0.15) is 12.2 Å². The molecular weight excluding hydrogens is 273 g/mol. The molecule has 0 unspecified atom stereocenters. The van der Waals surface area contributed by atoms with Crippen molar-refractivity contribution in [1.82, 2.24) is 5.32 Å². The first-order valence-corrected chi connectivity index (χ1v) is 6.40. The molecule has 0 aromatic heterocycles. The van der Waals surface area contributed by atoms with E-state index in [2.05, 4.69) is 5.32 Å². The van der Waals surface area contributed by atoms with Gasteiger partial charge >= 0.3 is 0 Å². The van der Waals surface area contributed by atoms with E-state index in [1.165, 1.54) is 14.2 Å². The first-order chi connectivity index (χ1) is 9.46. The van der Waals surface area contributed by atoms with Crippen LogP contribution in [-0.2, 0) is 19.0 Å². The van der Waals surface area contributed by atoms with Crippen LogP contribution in [0.1, 0.15) is 13.3 Å². The van der Waals surface area contributed by atoms with E-state index in [1.54, 1.807) is 6.92 Å². The molecule has 0 aromatic carbocycles. The second-order valence-electron chi connectivity index (χ2n) is 4.65. The smallest absolute Gasteiger partial charge is 0.249 e. The molecule has 3 N–H and O–H groups in total. The molecule has 1 aliphatic rings. The summed E-state index contributed by atoms with van der Waals surface area (Å²) in [5.74, 6) is -0.757. The van der Waals surface area contributed by atoms with E-state index >= 15 is 0 Å². The maximum atomic E-state index is 14.4. The van der Waals surface area contributed by atoms with Crippen LogP contribution in [-0.4, -0.2) is 73.8 Å². The lowest BCUT2D eigenvalue weighted by molar-refractivity contribution is -0.259. The van der Waals surface area contributed by atoms with Crippen molar-refractivity contribution in [1.29, 1.82) is 0 Å². The first-order valence-electron chi connectivity index (χ1n) is 6.40. The van der Waals surface area contributed by atoms with Crippen molar-refractivity contribution in [2.75, 3.05) is 20.8 Å². The highest BCUT2D eigenvalue weighted by atomic mass is 19.1. The number of methoxy groups -OCH3 is 2. The molecule has 1 rings (SSSR count). The van der Waals surface area contributed by atoms with Gasteiger partial charge in [-0.25, -0.2) is 4.39 Å². The third kappa shape index (κ3) is 3.86. The van der Waals surface area contributed by atoms with Gasteiger partial charge in [0.05, 0.1) is 12.1 Å². The fraction of sp³-hybridized carbons (Fsp3) is 0.917. The summed E-state index contributed by atoms with van der Waals surface area (Å²) in [6, 6.07) is -0.966. The summed E-state index contributed by atoms with van der Waals surface area (Å²) < 4.78 is 29.8. The standard InChI is InChI=1S/C12H22FNO6/c1-6-9(14-11(17)7(16)4-5-15)8(13)10(18-2)12(19-3)20-6/h6-10,12,15-16H,4-5H2,1-3H3,(H,14,17)/t6-,7-,8+,9-,10+,12+/m1/s1. The predicted molar refractivity (Wildman–Crippen MR) is 66.7 cm³/mol. The Hall–Kier alpha value is -0.800. The number of aliphatic hydroxyl groups excluding tert-OH is 2. The number of hydrogen-bond acceptors (Lipinski definition) is 6. The van der Waals surface area contributed by atoms with E-state index in [0.717, 1.165) is 0 Å². The number of aliphatic hydroxyl groups is 2. The normalized spacial score (nSPS) is 35.6. The first kappa shape index (κ1) is 17.3. The molecule has 6 atom stereocenters. The number of alkyl halides is 1. The average molecular weight is 295 g/mol. The molecule has 0 aromatic rings. The molecule has 0 saturated carbocycles. The van der Waals surface area contributed by atoms with E-state index in [4.69, 9.17) is 19.3 Å². The number of carbonyl (C=O) groups excluding carboxylic acids is 1. The molecular formula is C12H22FNO6. The van der Waals surface area contributed by atoms with Crippen LogP contribution < -0.4 is 5.32 Å². The van der Waals surface area contributed by atoms with Crippen molar-refractivity contribution in [2.45, 2.75) is 50.2 Å². The Morgan fingerprint density at radius 3 is 2.60 bits per heavy atom. The van der Waals surface area contributed by atoms with Crippen LogP contribution in [0.3, 0.4) is 0 Å². The lowest BCUT2D eigenvalue weighted by Gasteiger charge is -2.41. The van der Waals surface area contributed by atoms with Gasteiger partial charge in [0.25, 0.3) is 0 Å². The fourth-order valence-electron chi connectivity index (χ4n) is 2.13. The number of carbonyl (C=O) groups is 1. The molecule has 0 radical (unpaired) electrons. The second kappa shape index (κ2) is 7.84. The molecule has 20 heavy (non-hydrogen) atoms. The molecule has 1 heterocycles. The van der Waals surface area contributed by atoms with Crippen molar-refractivity contribution in [3.05, 3.63) is 0 Å². The molecule has 118 valence electrons. The zero-order valence-corrected chi connectivity index (χ0v) is 11.8. The van der Waals surface area contributed by atoms with Crippen molar-refractivity contribution in [3.8, 4) is 0 Å². The van der Waals surface area contributed by atoms with Crippen LogP contribution in [0.4, 0.5) is 4.39 Å². The van der Waals surface area contributed by atoms with Gasteiger partial charge in [0.15, 0.2) is 12.5 Å². The summed E-state index contributed by atoms with van der Waals surface area (Å²) in [5, 5.41) is 20.5. The molecule has 1 saturated heterocycles. The SMILES string of the molecule is CO[C@H]1O[C@H](C)[C@@H](NC(=O)[C@H](O)CCO)[C@H](F)[C@@H]1OC. The van der Waals surface area contributed by atoms with Gasteiger partial charge in [-0.1, -0.05) is 0 Å². The number of rotatable bonds is 6. The Morgan fingerprint density at radius 1 is 1.45 bits per heavy atom. The van der Waals surface area contributed by atoms with Crippen molar-refractivity contribution in [2.24, 2.45) is 0 Å². The highest BCUT2D eigenvalue weighted by molar-refractivity contribution is 5.80. The Labute approximate surface area is 117 Å². The Bertz CT molecular complexity index is 318. The van der Waals surface area contributed by atoms with Gasteiger partial charge in [-0.05, 0) is 6.92 Å². The lowest BCUT2D eigenvalue weighted by Crippen LogP contribution is -2.62. The zero-order valence-electron chi connectivity index (χ0n) is 11.8. The quantitative estimate of drug-likeness (QED) is 0.579. The van der Waals surface area contributed by atoms with Crippen LogP contribution in [0.15, 0.2) is 0 Å². The average Bonchev–Trinajstić information content (AvgIpc) is 2.42. The topological polar surface area (TPSA) is 97.3 Å². The maximum absolute atomic E-state index is 14.4. The Kier molecular flexibility index (Phi) is 6.77. The summed E-state index contributed by atoms with van der Waals surface area (Å²) in [6.07, 6.45) is -5.53. The molecule has 0 bridgehead atoms. The molecule has 0 aliphatic carbocycles. The van der Waals surface area contributed by atoms with Gasteiger partial charge < -0.3 is 29.7 Å². The minimum Gasteiger partial charge on any atom is -0.396 e. The summed E-state index contributed by atoms with van der Waals surface area (Å²) in [6.45, 7) is 1.25. The van der Waals surface area contributed by atoms with Gasteiger partial charge in [0.2, 0.25) is 5.91 Å². The zero-order chi connectivity index (χ0) is 15.3. The molecule has 8 heteroatoms. The largest absolute Gasteiger partial charge is 0.396 e. The van der Waals surface area contributed by atoms with E-state index in [0.29, 0.717) is 0 Å². The van der Waals surface area contributed by atoms with Crippen molar-refractivity contribution < 1.29 is 33.6 Å². The number of amides is 1. The van der Waals surface area contributed by atoms with Gasteiger partial charge in [0, 0.05) is 27.2 Å². The van der Waals surface area contributed by atoms with E-state index in [1.807, 2.05) is 0 Å². The van der Waals surface area contributed by atoms with Crippen LogP contribution in [0.5, 0.6) is 0 Å². The third-order valence-corrected chi connectivity index (χ3v) is 3.30. The van der Waals surface area contributed by atoms with Gasteiger partial charge in [-0.3, -0.25) is 4.79 Å². The maximum Gasteiger partial charge on any atom is 0.249 e. The predicted octanol–water partition coefficient (Wildman–Crippen LogP) is -1.04. The molecule has 1 aliphatic heterocycles. The fourth-order valence-corrected chi connectivity index (χ4v) is 2.13. The van der Waals surface area contributed by atoms with Crippen LogP contribution in [0.2, 0.25) is 0 Å². The number of ether oxygens (including phenoxy) is 3. The van der Waals surface area contributed by atoms with Crippen molar-refractivity contribution in [3.63, 3.8) is 0 Å². The van der Waals surface area contributed by atoms with Crippen LogP contribution in [0, 0.1) is 0 Å². The van der Waals surface area contributed by atoms with Gasteiger partial charge in [-0.2, -0.15) is 0 Å². The minimum atomic E-state index is -1.54. The Balaban J connectivity index is 2.71. The molecule has 7 nitrogen and oxygen atoms in total.